The maximum Gasteiger partial charge on any atom is 0.306 e. The molecule has 3 N–H and O–H groups in total. The highest BCUT2D eigenvalue weighted by atomic mass is 35.5. The van der Waals surface area contributed by atoms with Crippen molar-refractivity contribution in [3.8, 4) is 6.01 Å². The van der Waals surface area contributed by atoms with Crippen molar-refractivity contribution in [3.63, 3.8) is 0 Å². The van der Waals surface area contributed by atoms with Crippen molar-refractivity contribution < 1.29 is 24.2 Å². The van der Waals surface area contributed by atoms with Crippen LogP contribution in [0.1, 0.15) is 73.0 Å². The highest BCUT2D eigenvalue weighted by Gasteiger charge is 2.28. The molecule has 214 valence electrons. The number of benzene rings is 1. The third kappa shape index (κ3) is 6.31. The molecule has 1 amide bonds. The second-order valence-electron chi connectivity index (χ2n) is 11.0. The number of H-pyrrole nitrogens is 1. The Hall–Kier alpha value is -3.69. The molecule has 3 aliphatic rings. The molecule has 1 saturated heterocycles. The van der Waals surface area contributed by atoms with E-state index in [0.717, 1.165) is 36.8 Å². The summed E-state index contributed by atoms with van der Waals surface area (Å²) >= 11 is 6.64. The van der Waals surface area contributed by atoms with Crippen molar-refractivity contribution in [1.29, 1.82) is 0 Å². The second kappa shape index (κ2) is 12.0. The number of carboxylic acid groups (broad SMARTS) is 1. The molecule has 2 aliphatic carbocycles. The van der Waals surface area contributed by atoms with Crippen LogP contribution in [-0.4, -0.2) is 57.3 Å². The largest absolute Gasteiger partial charge is 0.481 e. The number of fused-ring (bicyclic) bond motifs is 1. The highest BCUT2D eigenvalue weighted by Crippen LogP contribution is 2.35. The number of aromatic nitrogens is 3. The number of hydrogen-bond acceptors (Lipinski definition) is 6. The number of nitrogens with zero attached hydrogens (tertiary/aromatic N) is 2. The van der Waals surface area contributed by atoms with Crippen LogP contribution in [0.15, 0.2) is 42.5 Å². The molecule has 2 fully saturated rings. The summed E-state index contributed by atoms with van der Waals surface area (Å²) < 4.78 is 11.4. The number of aromatic amines is 1. The lowest BCUT2D eigenvalue weighted by Gasteiger charge is -2.25. The summed E-state index contributed by atoms with van der Waals surface area (Å²) in [6.45, 7) is 1.38. The fraction of sp³-hybridized carbons (Fsp3) is 0.419. The highest BCUT2D eigenvalue weighted by molar-refractivity contribution is 6.32. The minimum absolute atomic E-state index is 0.0446. The van der Waals surface area contributed by atoms with Crippen LogP contribution in [0.25, 0.3) is 22.3 Å². The van der Waals surface area contributed by atoms with Gasteiger partial charge >= 0.3 is 5.97 Å². The Morgan fingerprint density at radius 3 is 2.37 bits per heavy atom. The number of halogens is 1. The first kappa shape index (κ1) is 27.5. The predicted octanol–water partition coefficient (Wildman–Crippen LogP) is 5.80. The Bertz CT molecular complexity index is 1500. The monoisotopic (exact) mass is 576 g/mol. The van der Waals surface area contributed by atoms with Crippen LogP contribution in [-0.2, 0) is 9.53 Å². The van der Waals surface area contributed by atoms with Crippen LogP contribution in [0.2, 0.25) is 5.02 Å². The van der Waals surface area contributed by atoms with Gasteiger partial charge in [0, 0.05) is 24.8 Å². The van der Waals surface area contributed by atoms with Gasteiger partial charge in [-0.3, -0.25) is 9.59 Å². The summed E-state index contributed by atoms with van der Waals surface area (Å²) in [5.41, 5.74) is 5.90. The zero-order chi connectivity index (χ0) is 28.3. The third-order valence-electron chi connectivity index (χ3n) is 8.23. The normalized spacial score (nSPS) is 21.7. The van der Waals surface area contributed by atoms with Gasteiger partial charge < -0.3 is 24.9 Å². The van der Waals surface area contributed by atoms with E-state index in [1.54, 1.807) is 0 Å². The number of aliphatic carboxylic acids is 1. The lowest BCUT2D eigenvalue weighted by molar-refractivity contribution is -0.143. The van der Waals surface area contributed by atoms with Crippen LogP contribution in [0, 0.1) is 5.92 Å². The van der Waals surface area contributed by atoms with Crippen LogP contribution < -0.4 is 10.1 Å². The first-order valence-corrected chi connectivity index (χ1v) is 14.7. The molecule has 0 atom stereocenters. The number of carboxylic acids is 1. The molecule has 3 aromatic rings. The molecule has 41 heavy (non-hydrogen) atoms. The summed E-state index contributed by atoms with van der Waals surface area (Å²) in [5, 5.41) is 12.9. The first-order chi connectivity index (χ1) is 19.9. The van der Waals surface area contributed by atoms with Crippen molar-refractivity contribution in [1.82, 2.24) is 20.3 Å². The number of hydrogen-bond donors (Lipinski definition) is 3. The van der Waals surface area contributed by atoms with Gasteiger partial charge in [0.1, 0.15) is 6.10 Å². The average molecular weight is 577 g/mol. The number of ether oxygens (including phenoxy) is 2. The Morgan fingerprint density at radius 2 is 1.68 bits per heavy atom. The molecule has 10 heteroatoms. The Kier molecular flexibility index (Phi) is 8.07. The lowest BCUT2D eigenvalue weighted by Crippen LogP contribution is -2.38. The van der Waals surface area contributed by atoms with E-state index in [0.29, 0.717) is 72.4 Å². The van der Waals surface area contributed by atoms with E-state index in [9.17, 15) is 14.7 Å². The van der Waals surface area contributed by atoms with Crippen molar-refractivity contribution in [2.75, 3.05) is 13.2 Å². The Morgan fingerprint density at radius 1 is 0.976 bits per heavy atom. The Balaban J connectivity index is 1.12. The summed E-state index contributed by atoms with van der Waals surface area (Å²) in [6.07, 6.45) is 9.94. The van der Waals surface area contributed by atoms with Crippen molar-refractivity contribution in [3.05, 3.63) is 64.3 Å². The van der Waals surface area contributed by atoms with Crippen molar-refractivity contribution in [2.45, 2.75) is 63.5 Å². The van der Waals surface area contributed by atoms with E-state index in [4.69, 9.17) is 26.1 Å². The summed E-state index contributed by atoms with van der Waals surface area (Å²) in [7, 11) is 0. The maximum absolute atomic E-state index is 12.6. The smallest absolute Gasteiger partial charge is 0.306 e. The number of carbonyl (C=O) groups excluding carboxylic acids is 1. The van der Waals surface area contributed by atoms with Gasteiger partial charge in [-0.1, -0.05) is 35.9 Å². The number of carbonyl (C=O) groups is 2. The Labute approximate surface area is 243 Å². The van der Waals surface area contributed by atoms with Crippen LogP contribution in [0.5, 0.6) is 6.01 Å². The summed E-state index contributed by atoms with van der Waals surface area (Å²) in [4.78, 5) is 36.3. The van der Waals surface area contributed by atoms with Gasteiger partial charge in [0.25, 0.3) is 11.9 Å². The van der Waals surface area contributed by atoms with Gasteiger partial charge in [-0.15, -0.1) is 0 Å². The zero-order valence-corrected chi connectivity index (χ0v) is 23.5. The minimum atomic E-state index is -0.735. The number of rotatable bonds is 7. The molecule has 1 aromatic carbocycles. The number of nitrogens with one attached hydrogen (secondary N) is 2. The molecule has 0 unspecified atom stereocenters. The van der Waals surface area contributed by atoms with E-state index in [1.165, 1.54) is 5.57 Å². The molecule has 2 aromatic heterocycles. The standard InChI is InChI=1S/C31H33ClN4O5/c32-25-17-26-28(36-31(34-26)41-24-11-9-22(10-12-24)30(38)39)35-27(25)20-5-1-18(2-6-20)19-3-7-21(8-4-19)29(37)33-23-13-15-40-16-14-23/h1,3-5,7-8,17,22-24H,2,6,9-16H2,(H,33,37)(H,38,39)(H,34,35,36)/t22-,24-. The molecule has 3 heterocycles. The van der Waals surface area contributed by atoms with E-state index in [-0.39, 0.29) is 24.0 Å². The molecule has 6 rings (SSSR count). The molecule has 1 saturated carbocycles. The number of imidazole rings is 1. The SMILES string of the molecule is O=C(NC1CCOCC1)c1ccc(C2=CC=C(c3nc4nc(O[C@H]5CC[C@H](C(=O)O)CC5)[nH]c4cc3Cl)CC2)cc1. The molecule has 0 bridgehead atoms. The van der Waals surface area contributed by atoms with E-state index >= 15 is 0 Å². The van der Waals surface area contributed by atoms with Crippen molar-refractivity contribution in [2.24, 2.45) is 5.92 Å². The van der Waals surface area contributed by atoms with Gasteiger partial charge in [-0.2, -0.15) is 4.98 Å². The van der Waals surface area contributed by atoms with Crippen LogP contribution in [0.4, 0.5) is 0 Å². The van der Waals surface area contributed by atoms with Gasteiger partial charge in [0.15, 0.2) is 5.65 Å². The lowest BCUT2D eigenvalue weighted by atomic mass is 9.87. The van der Waals surface area contributed by atoms with Crippen LogP contribution >= 0.6 is 11.6 Å². The van der Waals surface area contributed by atoms with Crippen LogP contribution in [0.3, 0.4) is 0 Å². The molecular formula is C31H33ClN4O5. The van der Waals surface area contributed by atoms with Gasteiger partial charge in [-0.25, -0.2) is 4.98 Å². The van der Waals surface area contributed by atoms with Gasteiger partial charge in [-0.05, 0) is 86.3 Å². The fourth-order valence-electron chi connectivity index (χ4n) is 5.78. The zero-order valence-electron chi connectivity index (χ0n) is 22.7. The molecule has 9 nitrogen and oxygen atoms in total. The number of allylic oxidation sites excluding steroid dienone is 4. The number of pyridine rings is 1. The maximum atomic E-state index is 12.6. The molecule has 1 aliphatic heterocycles. The van der Waals surface area contributed by atoms with E-state index < -0.39 is 5.97 Å². The quantitative estimate of drug-likeness (QED) is 0.324. The van der Waals surface area contributed by atoms with Crippen molar-refractivity contribution >= 4 is 45.8 Å². The molecular weight excluding hydrogens is 544 g/mol. The topological polar surface area (TPSA) is 126 Å². The second-order valence-corrected chi connectivity index (χ2v) is 11.4. The summed E-state index contributed by atoms with van der Waals surface area (Å²) in [6, 6.07) is 10.1. The minimum Gasteiger partial charge on any atom is -0.481 e. The third-order valence-corrected chi connectivity index (χ3v) is 8.52. The van der Waals surface area contributed by atoms with E-state index in [2.05, 4.69) is 27.4 Å². The fourth-order valence-corrected chi connectivity index (χ4v) is 6.06. The van der Waals surface area contributed by atoms with Gasteiger partial charge in [0.05, 0.1) is 22.2 Å². The average Bonchev–Trinajstić information content (AvgIpc) is 3.38. The molecule has 0 radical (unpaired) electrons. The van der Waals surface area contributed by atoms with Gasteiger partial charge in [0.2, 0.25) is 0 Å². The molecule has 0 spiro atoms. The van der Waals surface area contributed by atoms with E-state index in [1.807, 2.05) is 30.3 Å². The number of amides is 1. The first-order valence-electron chi connectivity index (χ1n) is 14.3. The predicted molar refractivity (Wildman–Crippen MR) is 156 cm³/mol. The summed E-state index contributed by atoms with van der Waals surface area (Å²) in [5.74, 6) is -1.07.